The zero-order chi connectivity index (χ0) is 15.2. The molecule has 21 heavy (non-hydrogen) atoms. The zero-order valence-electron chi connectivity index (χ0n) is 12.2. The summed E-state index contributed by atoms with van der Waals surface area (Å²) >= 11 is 0. The highest BCUT2D eigenvalue weighted by molar-refractivity contribution is 5.77. The number of nitrogens with one attached hydrogen (secondary N) is 1. The maximum atomic E-state index is 12.0. The molecule has 0 bridgehead atoms. The molecule has 1 saturated carbocycles. The lowest BCUT2D eigenvalue weighted by atomic mass is 9.85. The minimum absolute atomic E-state index is 0.0227. The molecule has 1 aliphatic rings. The van der Waals surface area contributed by atoms with Crippen LogP contribution in [0.5, 0.6) is 0 Å². The summed E-state index contributed by atoms with van der Waals surface area (Å²) in [5.74, 6) is -0.188. The van der Waals surface area contributed by atoms with Crippen LogP contribution in [0.3, 0.4) is 0 Å². The van der Waals surface area contributed by atoms with Crippen LogP contribution in [0.15, 0.2) is 24.3 Å². The second-order valence-corrected chi connectivity index (χ2v) is 5.76. The average Bonchev–Trinajstić information content (AvgIpc) is 2.46. The summed E-state index contributed by atoms with van der Waals surface area (Å²) < 4.78 is 0. The van der Waals surface area contributed by atoms with Crippen LogP contribution in [0.25, 0.3) is 0 Å². The maximum Gasteiger partial charge on any atom is 0.220 e. The summed E-state index contributed by atoms with van der Waals surface area (Å²) in [4.78, 5) is 23.0. The van der Waals surface area contributed by atoms with Crippen molar-refractivity contribution in [3.05, 3.63) is 29.8 Å². The Morgan fingerprint density at radius 1 is 1.19 bits per heavy atom. The van der Waals surface area contributed by atoms with Crippen LogP contribution in [0.1, 0.15) is 37.7 Å². The topological polar surface area (TPSA) is 98.2 Å². The first-order valence-corrected chi connectivity index (χ1v) is 7.47. The quantitative estimate of drug-likeness (QED) is 0.714. The highest BCUT2D eigenvalue weighted by Gasteiger charge is 2.25. The molecule has 0 atom stereocenters. The first-order chi connectivity index (χ1) is 10.0. The maximum absolute atomic E-state index is 12.0. The zero-order valence-corrected chi connectivity index (χ0v) is 12.2. The number of hydrogen-bond donors (Lipinski definition) is 3. The van der Waals surface area contributed by atoms with Crippen molar-refractivity contribution in [1.29, 1.82) is 0 Å². The van der Waals surface area contributed by atoms with E-state index in [-0.39, 0.29) is 23.8 Å². The predicted molar refractivity (Wildman–Crippen MR) is 82.3 cm³/mol. The van der Waals surface area contributed by atoms with Gasteiger partial charge in [-0.05, 0) is 49.8 Å². The molecule has 0 spiro atoms. The molecule has 5 heteroatoms. The SMILES string of the molecule is NC(=O)C1CCC(NC(=O)CCc2cccc(N)c2)CC1. The van der Waals surface area contributed by atoms with Crippen molar-refractivity contribution in [2.75, 3.05) is 5.73 Å². The molecule has 1 fully saturated rings. The van der Waals surface area contributed by atoms with Crippen LogP contribution >= 0.6 is 0 Å². The number of hydrogen-bond acceptors (Lipinski definition) is 3. The third kappa shape index (κ3) is 4.77. The van der Waals surface area contributed by atoms with Gasteiger partial charge in [-0.3, -0.25) is 9.59 Å². The van der Waals surface area contributed by atoms with E-state index >= 15 is 0 Å². The fourth-order valence-corrected chi connectivity index (χ4v) is 2.83. The lowest BCUT2D eigenvalue weighted by molar-refractivity contribution is -0.123. The average molecular weight is 289 g/mol. The van der Waals surface area contributed by atoms with Crippen molar-refractivity contribution in [1.82, 2.24) is 5.32 Å². The number of amides is 2. The van der Waals surface area contributed by atoms with Gasteiger partial charge in [-0.2, -0.15) is 0 Å². The molecular formula is C16H23N3O2. The summed E-state index contributed by atoms with van der Waals surface area (Å²) in [5, 5.41) is 3.04. The number of nitrogens with two attached hydrogens (primary N) is 2. The van der Waals surface area contributed by atoms with E-state index in [2.05, 4.69) is 5.32 Å². The van der Waals surface area contributed by atoms with E-state index in [1.54, 1.807) is 0 Å². The summed E-state index contributed by atoms with van der Waals surface area (Å²) in [7, 11) is 0. The first kappa shape index (κ1) is 15.4. The van der Waals surface area contributed by atoms with Crippen LogP contribution in [-0.4, -0.2) is 17.9 Å². The molecule has 1 aromatic carbocycles. The Labute approximate surface area is 125 Å². The fourth-order valence-electron chi connectivity index (χ4n) is 2.83. The first-order valence-electron chi connectivity index (χ1n) is 7.47. The summed E-state index contributed by atoms with van der Waals surface area (Å²) in [6.45, 7) is 0. The molecule has 2 amide bonds. The third-order valence-corrected chi connectivity index (χ3v) is 4.09. The number of aryl methyl sites for hydroxylation is 1. The number of carbonyl (C=O) groups is 2. The molecule has 5 nitrogen and oxygen atoms in total. The van der Waals surface area contributed by atoms with Crippen molar-refractivity contribution >= 4 is 17.5 Å². The molecule has 0 aromatic heterocycles. The number of benzene rings is 1. The van der Waals surface area contributed by atoms with E-state index in [9.17, 15) is 9.59 Å². The molecule has 114 valence electrons. The molecular weight excluding hydrogens is 266 g/mol. The second kappa shape index (κ2) is 7.11. The van der Waals surface area contributed by atoms with Crippen LogP contribution in [0, 0.1) is 5.92 Å². The van der Waals surface area contributed by atoms with Gasteiger partial charge in [0.05, 0.1) is 0 Å². The van der Waals surface area contributed by atoms with Crippen molar-refractivity contribution in [3.63, 3.8) is 0 Å². The van der Waals surface area contributed by atoms with E-state index in [0.717, 1.165) is 36.9 Å². The Morgan fingerprint density at radius 3 is 2.52 bits per heavy atom. The number of primary amides is 1. The van der Waals surface area contributed by atoms with Gasteiger partial charge in [0.2, 0.25) is 11.8 Å². The Balaban J connectivity index is 1.72. The van der Waals surface area contributed by atoms with Crippen LogP contribution in [0.4, 0.5) is 5.69 Å². The smallest absolute Gasteiger partial charge is 0.220 e. The number of anilines is 1. The van der Waals surface area contributed by atoms with E-state index in [1.165, 1.54) is 0 Å². The van der Waals surface area contributed by atoms with Gasteiger partial charge in [-0.15, -0.1) is 0 Å². The van der Waals surface area contributed by atoms with Gasteiger partial charge < -0.3 is 16.8 Å². The highest BCUT2D eigenvalue weighted by Crippen LogP contribution is 2.24. The third-order valence-electron chi connectivity index (χ3n) is 4.09. The van der Waals surface area contributed by atoms with E-state index < -0.39 is 0 Å². The predicted octanol–water partition coefficient (Wildman–Crippen LogP) is 1.36. The number of nitrogen functional groups attached to an aromatic ring is 1. The van der Waals surface area contributed by atoms with Gasteiger partial charge in [-0.1, -0.05) is 12.1 Å². The Kier molecular flexibility index (Phi) is 5.20. The van der Waals surface area contributed by atoms with Crippen molar-refractivity contribution in [2.24, 2.45) is 11.7 Å². The molecule has 1 aliphatic carbocycles. The van der Waals surface area contributed by atoms with Crippen molar-refractivity contribution < 1.29 is 9.59 Å². The van der Waals surface area contributed by atoms with E-state index in [0.29, 0.717) is 12.8 Å². The van der Waals surface area contributed by atoms with Gasteiger partial charge >= 0.3 is 0 Å². The molecule has 0 heterocycles. The molecule has 2 rings (SSSR count). The molecule has 0 aliphatic heterocycles. The lowest BCUT2D eigenvalue weighted by Crippen LogP contribution is -2.39. The largest absolute Gasteiger partial charge is 0.399 e. The summed E-state index contributed by atoms with van der Waals surface area (Å²) in [6.07, 6.45) is 4.35. The highest BCUT2D eigenvalue weighted by atomic mass is 16.2. The number of carbonyl (C=O) groups excluding carboxylic acids is 2. The molecule has 0 unspecified atom stereocenters. The normalized spacial score (nSPS) is 21.7. The van der Waals surface area contributed by atoms with Crippen molar-refractivity contribution in [2.45, 2.75) is 44.6 Å². The standard InChI is InChI=1S/C16H23N3O2/c17-13-3-1-2-11(10-13)4-9-15(20)19-14-7-5-12(6-8-14)16(18)21/h1-3,10,12,14H,4-9,17H2,(H2,18,21)(H,19,20). The van der Waals surface area contributed by atoms with E-state index in [1.807, 2.05) is 24.3 Å². The Bertz CT molecular complexity index is 508. The van der Waals surface area contributed by atoms with Gasteiger partial charge in [0, 0.05) is 24.1 Å². The van der Waals surface area contributed by atoms with Crippen LogP contribution in [0.2, 0.25) is 0 Å². The van der Waals surface area contributed by atoms with Gasteiger partial charge in [0.1, 0.15) is 0 Å². The molecule has 0 radical (unpaired) electrons. The van der Waals surface area contributed by atoms with Crippen LogP contribution < -0.4 is 16.8 Å². The van der Waals surface area contributed by atoms with Crippen LogP contribution in [-0.2, 0) is 16.0 Å². The Hall–Kier alpha value is -2.04. The molecule has 5 N–H and O–H groups in total. The van der Waals surface area contributed by atoms with Crippen molar-refractivity contribution in [3.8, 4) is 0 Å². The van der Waals surface area contributed by atoms with Gasteiger partial charge in [-0.25, -0.2) is 0 Å². The van der Waals surface area contributed by atoms with Gasteiger partial charge in [0.15, 0.2) is 0 Å². The summed E-state index contributed by atoms with van der Waals surface area (Å²) in [5.41, 5.74) is 12.8. The summed E-state index contributed by atoms with van der Waals surface area (Å²) in [6, 6.07) is 7.77. The minimum Gasteiger partial charge on any atom is -0.399 e. The lowest BCUT2D eigenvalue weighted by Gasteiger charge is -2.27. The monoisotopic (exact) mass is 289 g/mol. The fraction of sp³-hybridized carbons (Fsp3) is 0.500. The van der Waals surface area contributed by atoms with Gasteiger partial charge in [0.25, 0.3) is 0 Å². The molecule has 1 aromatic rings. The minimum atomic E-state index is -0.221. The number of rotatable bonds is 5. The van der Waals surface area contributed by atoms with E-state index in [4.69, 9.17) is 11.5 Å². The second-order valence-electron chi connectivity index (χ2n) is 5.76. The Morgan fingerprint density at radius 2 is 1.90 bits per heavy atom. The molecule has 0 saturated heterocycles.